The van der Waals surface area contributed by atoms with Gasteiger partial charge in [0.2, 0.25) is 0 Å². The van der Waals surface area contributed by atoms with Gasteiger partial charge in [0.1, 0.15) is 5.75 Å². The van der Waals surface area contributed by atoms with Gasteiger partial charge in [-0.3, -0.25) is 5.41 Å². The Hall–Kier alpha value is -1.22. The molecule has 3 nitrogen and oxygen atoms in total. The van der Waals surface area contributed by atoms with Gasteiger partial charge in [0.05, 0.1) is 20.1 Å². The molecule has 0 saturated heterocycles. The third kappa shape index (κ3) is 3.66. The predicted molar refractivity (Wildman–Crippen MR) is 56.3 cm³/mol. The largest absolute Gasteiger partial charge is 0.493 e. The van der Waals surface area contributed by atoms with E-state index < -0.39 is 0 Å². The molecule has 0 aliphatic rings. The number of nitrogens with one attached hydrogen (secondary N) is 1. The number of benzene rings is 1. The summed E-state index contributed by atoms with van der Waals surface area (Å²) >= 11 is 5.71. The van der Waals surface area contributed by atoms with Crippen molar-refractivity contribution in [1.29, 1.82) is 5.41 Å². The van der Waals surface area contributed by atoms with E-state index in [-0.39, 0.29) is 5.90 Å². The summed E-state index contributed by atoms with van der Waals surface area (Å²) in [6.45, 7) is 0.439. The molecule has 76 valence electrons. The van der Waals surface area contributed by atoms with Crippen molar-refractivity contribution in [3.8, 4) is 5.75 Å². The predicted octanol–water partition coefficient (Wildman–Crippen LogP) is 2.73. The molecule has 0 aliphatic heterocycles. The Morgan fingerprint density at radius 1 is 1.36 bits per heavy atom. The van der Waals surface area contributed by atoms with Crippen LogP contribution >= 0.6 is 11.6 Å². The van der Waals surface area contributed by atoms with Crippen molar-refractivity contribution in [3.63, 3.8) is 0 Å². The highest BCUT2D eigenvalue weighted by Crippen LogP contribution is 2.15. The summed E-state index contributed by atoms with van der Waals surface area (Å²) < 4.78 is 10.0. The third-order valence-electron chi connectivity index (χ3n) is 1.66. The second-order valence-corrected chi connectivity index (χ2v) is 3.12. The van der Waals surface area contributed by atoms with Crippen LogP contribution in [0.15, 0.2) is 24.3 Å². The SMILES string of the molecule is COC(=N)CCOc1ccc(Cl)cc1. The molecule has 1 rings (SSSR count). The van der Waals surface area contributed by atoms with Crippen LogP contribution in [0, 0.1) is 5.41 Å². The van der Waals surface area contributed by atoms with Gasteiger partial charge in [-0.15, -0.1) is 0 Å². The van der Waals surface area contributed by atoms with Crippen LogP contribution in [0.3, 0.4) is 0 Å². The third-order valence-corrected chi connectivity index (χ3v) is 1.91. The van der Waals surface area contributed by atoms with Crippen LogP contribution in [0.4, 0.5) is 0 Å². The van der Waals surface area contributed by atoms with E-state index in [9.17, 15) is 0 Å². The van der Waals surface area contributed by atoms with E-state index >= 15 is 0 Å². The Morgan fingerprint density at radius 3 is 2.57 bits per heavy atom. The fourth-order valence-electron chi connectivity index (χ4n) is 0.894. The first-order chi connectivity index (χ1) is 6.72. The van der Waals surface area contributed by atoms with E-state index in [1.54, 1.807) is 24.3 Å². The molecule has 0 aliphatic carbocycles. The first-order valence-corrected chi connectivity index (χ1v) is 4.60. The summed E-state index contributed by atoms with van der Waals surface area (Å²) in [5, 5.41) is 7.90. The second-order valence-electron chi connectivity index (χ2n) is 2.68. The molecule has 4 heteroatoms. The topological polar surface area (TPSA) is 42.3 Å². The van der Waals surface area contributed by atoms with Gasteiger partial charge in [-0.25, -0.2) is 0 Å². The first kappa shape index (κ1) is 10.9. The number of hydrogen-bond acceptors (Lipinski definition) is 3. The van der Waals surface area contributed by atoms with E-state index in [4.69, 9.17) is 21.7 Å². The van der Waals surface area contributed by atoms with Crippen molar-refractivity contribution in [1.82, 2.24) is 0 Å². The van der Waals surface area contributed by atoms with E-state index in [0.717, 1.165) is 5.75 Å². The van der Waals surface area contributed by atoms with Gasteiger partial charge in [-0.2, -0.15) is 0 Å². The van der Waals surface area contributed by atoms with Gasteiger partial charge in [0.15, 0.2) is 5.90 Å². The second kappa shape index (κ2) is 5.50. The lowest BCUT2D eigenvalue weighted by Crippen LogP contribution is -2.06. The molecule has 0 atom stereocenters. The molecule has 1 aromatic carbocycles. The molecule has 0 bridgehead atoms. The van der Waals surface area contributed by atoms with Gasteiger partial charge in [0.25, 0.3) is 0 Å². The quantitative estimate of drug-likeness (QED) is 0.617. The molecular formula is C10H12ClNO2. The smallest absolute Gasteiger partial charge is 0.183 e. The van der Waals surface area contributed by atoms with E-state index in [0.29, 0.717) is 18.1 Å². The monoisotopic (exact) mass is 213 g/mol. The molecule has 1 N–H and O–H groups in total. The number of methoxy groups -OCH3 is 1. The molecule has 0 aromatic heterocycles. The molecule has 0 fully saturated rings. The summed E-state index contributed by atoms with van der Waals surface area (Å²) in [6, 6.07) is 7.11. The highest BCUT2D eigenvalue weighted by molar-refractivity contribution is 6.30. The first-order valence-electron chi connectivity index (χ1n) is 4.22. The van der Waals surface area contributed by atoms with E-state index in [1.165, 1.54) is 7.11 Å². The summed E-state index contributed by atoms with van der Waals surface area (Å²) in [4.78, 5) is 0. The van der Waals surface area contributed by atoms with E-state index in [1.807, 2.05) is 0 Å². The number of hydrogen-bond donors (Lipinski definition) is 1. The summed E-state index contributed by atoms with van der Waals surface area (Å²) in [5.41, 5.74) is 0. The molecule has 0 unspecified atom stereocenters. The van der Waals surface area contributed by atoms with Crippen LogP contribution in [0.1, 0.15) is 6.42 Å². The Bertz CT molecular complexity index is 297. The van der Waals surface area contributed by atoms with Gasteiger partial charge < -0.3 is 9.47 Å². The standard InChI is InChI=1S/C10H12ClNO2/c1-13-10(12)6-7-14-9-4-2-8(11)3-5-9/h2-5,12H,6-7H2,1H3. The summed E-state index contributed by atoms with van der Waals surface area (Å²) in [5.74, 6) is 0.970. The normalized spacial score (nSPS) is 9.57. The van der Waals surface area contributed by atoms with Crippen LogP contribution < -0.4 is 4.74 Å². The fourth-order valence-corrected chi connectivity index (χ4v) is 1.02. The van der Waals surface area contributed by atoms with Crippen molar-refractivity contribution in [2.24, 2.45) is 0 Å². The zero-order valence-electron chi connectivity index (χ0n) is 7.92. The molecule has 0 saturated carbocycles. The van der Waals surface area contributed by atoms with Crippen LogP contribution in [0.2, 0.25) is 5.02 Å². The molecule has 0 amide bonds. The highest BCUT2D eigenvalue weighted by Gasteiger charge is 1.97. The van der Waals surface area contributed by atoms with Crippen LogP contribution in [0.5, 0.6) is 5.75 Å². The molecule has 0 heterocycles. The number of ether oxygens (including phenoxy) is 2. The average Bonchev–Trinajstić information content (AvgIpc) is 2.21. The zero-order chi connectivity index (χ0) is 10.4. The maximum absolute atomic E-state index is 7.21. The lowest BCUT2D eigenvalue weighted by Gasteiger charge is -2.05. The average molecular weight is 214 g/mol. The molecule has 0 spiro atoms. The fraction of sp³-hybridized carbons (Fsp3) is 0.300. The summed E-state index contributed by atoms with van der Waals surface area (Å²) in [6.07, 6.45) is 0.471. The Kier molecular flexibility index (Phi) is 4.26. The van der Waals surface area contributed by atoms with Crippen molar-refractivity contribution < 1.29 is 9.47 Å². The molecule has 14 heavy (non-hydrogen) atoms. The van der Waals surface area contributed by atoms with Crippen LogP contribution in [-0.4, -0.2) is 19.6 Å². The molecular weight excluding hydrogens is 202 g/mol. The number of rotatable bonds is 4. The van der Waals surface area contributed by atoms with Crippen molar-refractivity contribution >= 4 is 17.5 Å². The lowest BCUT2D eigenvalue weighted by atomic mass is 10.3. The maximum Gasteiger partial charge on any atom is 0.183 e. The lowest BCUT2D eigenvalue weighted by molar-refractivity contribution is 0.307. The minimum Gasteiger partial charge on any atom is -0.493 e. The number of halogens is 1. The zero-order valence-corrected chi connectivity index (χ0v) is 8.67. The van der Waals surface area contributed by atoms with Gasteiger partial charge in [-0.1, -0.05) is 11.6 Å². The minimum atomic E-state index is 0.221. The van der Waals surface area contributed by atoms with Crippen LogP contribution in [-0.2, 0) is 4.74 Å². The Labute approximate surface area is 88.1 Å². The highest BCUT2D eigenvalue weighted by atomic mass is 35.5. The Balaban J connectivity index is 2.31. The van der Waals surface area contributed by atoms with Crippen molar-refractivity contribution in [2.45, 2.75) is 6.42 Å². The van der Waals surface area contributed by atoms with Gasteiger partial charge >= 0.3 is 0 Å². The van der Waals surface area contributed by atoms with Crippen molar-refractivity contribution in [2.75, 3.05) is 13.7 Å². The van der Waals surface area contributed by atoms with Gasteiger partial charge in [0, 0.05) is 5.02 Å². The molecule has 1 aromatic rings. The van der Waals surface area contributed by atoms with Crippen molar-refractivity contribution in [3.05, 3.63) is 29.3 Å². The Morgan fingerprint density at radius 2 is 2.00 bits per heavy atom. The van der Waals surface area contributed by atoms with E-state index in [2.05, 4.69) is 4.74 Å². The molecule has 0 radical (unpaired) electrons. The van der Waals surface area contributed by atoms with Gasteiger partial charge in [-0.05, 0) is 24.3 Å². The summed E-state index contributed by atoms with van der Waals surface area (Å²) in [7, 11) is 1.48. The minimum absolute atomic E-state index is 0.221. The maximum atomic E-state index is 7.21. The van der Waals surface area contributed by atoms with Crippen LogP contribution in [0.25, 0.3) is 0 Å².